The van der Waals surface area contributed by atoms with E-state index < -0.39 is 5.41 Å². The third-order valence-corrected chi connectivity index (χ3v) is 5.26. The number of carbonyl (C=O) groups excluding carboxylic acids is 1. The van der Waals surface area contributed by atoms with Crippen LogP contribution < -0.4 is 14.8 Å². The van der Waals surface area contributed by atoms with E-state index in [1.807, 2.05) is 48.5 Å². The van der Waals surface area contributed by atoms with Crippen molar-refractivity contribution in [1.29, 1.82) is 0 Å². The molecule has 0 bridgehead atoms. The Morgan fingerprint density at radius 3 is 2.68 bits per heavy atom. The Morgan fingerprint density at radius 2 is 1.86 bits per heavy atom. The first-order chi connectivity index (χ1) is 13.7. The topological polar surface area (TPSA) is 73.3 Å². The molecule has 28 heavy (non-hydrogen) atoms. The molecule has 0 atom stereocenters. The number of rotatable bonds is 5. The molecule has 2 aromatic carbocycles. The van der Waals surface area contributed by atoms with Gasteiger partial charge in [0.1, 0.15) is 0 Å². The van der Waals surface area contributed by atoms with Gasteiger partial charge in [-0.3, -0.25) is 9.78 Å². The first-order valence-corrected chi connectivity index (χ1v) is 9.29. The summed E-state index contributed by atoms with van der Waals surface area (Å²) in [5.41, 5.74) is 2.39. The lowest BCUT2D eigenvalue weighted by atomic mass is 9.94. The molecule has 1 N–H and O–H groups in total. The highest BCUT2D eigenvalue weighted by Gasteiger charge is 2.51. The van der Waals surface area contributed by atoms with Crippen LogP contribution in [0.1, 0.15) is 29.7 Å². The predicted octanol–water partition coefficient (Wildman–Crippen LogP) is 3.47. The molecule has 0 saturated heterocycles. The Bertz CT molecular complexity index is 1030. The Kier molecular flexibility index (Phi) is 3.97. The van der Waals surface area contributed by atoms with Crippen LogP contribution in [0, 0.1) is 0 Å². The summed E-state index contributed by atoms with van der Waals surface area (Å²) in [6.45, 7) is 0.224. The third kappa shape index (κ3) is 3.07. The highest BCUT2D eigenvalue weighted by atomic mass is 16.7. The summed E-state index contributed by atoms with van der Waals surface area (Å²) in [4.78, 5) is 21.8. The van der Waals surface area contributed by atoms with Crippen LogP contribution in [0.2, 0.25) is 0 Å². The van der Waals surface area contributed by atoms with Crippen LogP contribution in [0.3, 0.4) is 0 Å². The fraction of sp³-hybridized carbons (Fsp3) is 0.227. The van der Waals surface area contributed by atoms with Gasteiger partial charge in [0.25, 0.3) is 0 Å². The zero-order valence-corrected chi connectivity index (χ0v) is 15.2. The number of aromatic nitrogens is 2. The smallest absolute Gasteiger partial charge is 0.236 e. The predicted molar refractivity (Wildman–Crippen MR) is 103 cm³/mol. The summed E-state index contributed by atoms with van der Waals surface area (Å²) in [5.74, 6) is 1.84. The number of carbonyl (C=O) groups is 1. The van der Waals surface area contributed by atoms with E-state index in [0.717, 1.165) is 35.4 Å². The standard InChI is InChI=1S/C22H19N3O3/c26-21(22(8-9-22)16-6-7-18-19(11-16)28-14-27-18)25-20-13-23-12-17(24-20)10-15-4-2-1-3-5-15/h1-7,11-13H,8-10,14H2,(H,24,25,26). The Hall–Kier alpha value is -3.41. The van der Waals surface area contributed by atoms with E-state index in [4.69, 9.17) is 9.47 Å². The van der Waals surface area contributed by atoms with Crippen LogP contribution in [0.4, 0.5) is 5.82 Å². The first kappa shape index (κ1) is 16.7. The summed E-state index contributed by atoms with van der Waals surface area (Å²) in [6, 6.07) is 15.8. The maximum Gasteiger partial charge on any atom is 0.236 e. The van der Waals surface area contributed by atoms with Crippen molar-refractivity contribution in [2.24, 2.45) is 0 Å². The molecule has 1 aromatic heterocycles. The van der Waals surface area contributed by atoms with E-state index in [1.165, 1.54) is 0 Å². The van der Waals surface area contributed by atoms with Crippen LogP contribution in [-0.4, -0.2) is 22.7 Å². The van der Waals surface area contributed by atoms with Crippen molar-refractivity contribution in [2.75, 3.05) is 12.1 Å². The number of benzene rings is 2. The average molecular weight is 373 g/mol. The summed E-state index contributed by atoms with van der Waals surface area (Å²) >= 11 is 0. The van der Waals surface area contributed by atoms with Crippen molar-refractivity contribution in [3.8, 4) is 11.5 Å². The number of hydrogen-bond donors (Lipinski definition) is 1. The van der Waals surface area contributed by atoms with Gasteiger partial charge in [0.15, 0.2) is 17.3 Å². The molecule has 5 rings (SSSR count). The van der Waals surface area contributed by atoms with E-state index in [2.05, 4.69) is 15.3 Å². The van der Waals surface area contributed by atoms with E-state index in [1.54, 1.807) is 12.4 Å². The van der Waals surface area contributed by atoms with Gasteiger partial charge in [-0.1, -0.05) is 36.4 Å². The van der Waals surface area contributed by atoms with Crippen LogP contribution >= 0.6 is 0 Å². The van der Waals surface area contributed by atoms with Crippen LogP contribution in [0.15, 0.2) is 60.9 Å². The van der Waals surface area contributed by atoms with E-state index in [-0.39, 0.29) is 12.7 Å². The SMILES string of the molecule is O=C(Nc1cncc(Cc2ccccc2)n1)C1(c2ccc3c(c2)OCO3)CC1. The highest BCUT2D eigenvalue weighted by Crippen LogP contribution is 2.51. The fourth-order valence-electron chi connectivity index (χ4n) is 3.56. The van der Waals surface area contributed by atoms with Gasteiger partial charge in [0.05, 0.1) is 17.3 Å². The summed E-state index contributed by atoms with van der Waals surface area (Å²) in [5, 5.41) is 2.95. The number of hydrogen-bond acceptors (Lipinski definition) is 5. The first-order valence-electron chi connectivity index (χ1n) is 9.29. The lowest BCUT2D eigenvalue weighted by Gasteiger charge is -2.16. The van der Waals surface area contributed by atoms with Gasteiger partial charge in [-0.05, 0) is 36.1 Å². The zero-order chi connectivity index (χ0) is 19.0. The number of anilines is 1. The molecule has 0 radical (unpaired) electrons. The molecule has 1 saturated carbocycles. The van der Waals surface area contributed by atoms with Crippen molar-refractivity contribution >= 4 is 11.7 Å². The molecule has 1 fully saturated rings. The Balaban J connectivity index is 1.33. The van der Waals surface area contributed by atoms with Gasteiger partial charge < -0.3 is 14.8 Å². The fourth-order valence-corrected chi connectivity index (χ4v) is 3.56. The number of fused-ring (bicyclic) bond motifs is 1. The molecular weight excluding hydrogens is 354 g/mol. The van der Waals surface area contributed by atoms with E-state index in [9.17, 15) is 4.79 Å². The molecule has 0 unspecified atom stereocenters. The van der Waals surface area contributed by atoms with Crippen molar-refractivity contribution in [3.63, 3.8) is 0 Å². The lowest BCUT2D eigenvalue weighted by molar-refractivity contribution is -0.118. The second-order valence-electron chi connectivity index (χ2n) is 7.16. The molecule has 0 spiro atoms. The number of ether oxygens (including phenoxy) is 2. The second kappa shape index (κ2) is 6.64. The molecule has 2 aliphatic rings. The molecule has 2 heterocycles. The zero-order valence-electron chi connectivity index (χ0n) is 15.2. The molecule has 1 aliphatic heterocycles. The summed E-state index contributed by atoms with van der Waals surface area (Å²) in [7, 11) is 0. The number of nitrogens with one attached hydrogen (secondary N) is 1. The Labute approximate surface area is 162 Å². The number of amides is 1. The molecule has 1 amide bonds. The van der Waals surface area contributed by atoms with Crippen molar-refractivity contribution in [2.45, 2.75) is 24.7 Å². The second-order valence-corrected chi connectivity index (χ2v) is 7.16. The van der Waals surface area contributed by atoms with E-state index in [0.29, 0.717) is 18.0 Å². The molecule has 6 nitrogen and oxygen atoms in total. The Morgan fingerprint density at radius 1 is 1.04 bits per heavy atom. The minimum Gasteiger partial charge on any atom is -0.454 e. The summed E-state index contributed by atoms with van der Waals surface area (Å²) < 4.78 is 10.8. The van der Waals surface area contributed by atoms with E-state index >= 15 is 0 Å². The largest absolute Gasteiger partial charge is 0.454 e. The maximum atomic E-state index is 13.0. The summed E-state index contributed by atoms with van der Waals surface area (Å²) in [6.07, 6.45) is 5.59. The monoisotopic (exact) mass is 373 g/mol. The minimum absolute atomic E-state index is 0.0578. The average Bonchev–Trinajstić information content (AvgIpc) is 3.40. The normalized spacial score (nSPS) is 15.9. The molecule has 3 aromatic rings. The van der Waals surface area contributed by atoms with Crippen molar-refractivity contribution in [1.82, 2.24) is 9.97 Å². The quantitative estimate of drug-likeness (QED) is 0.741. The maximum absolute atomic E-state index is 13.0. The lowest BCUT2D eigenvalue weighted by Crippen LogP contribution is -2.28. The van der Waals surface area contributed by atoms with Gasteiger partial charge in [0, 0.05) is 12.6 Å². The van der Waals surface area contributed by atoms with Gasteiger partial charge in [-0.2, -0.15) is 0 Å². The molecule has 1 aliphatic carbocycles. The van der Waals surface area contributed by atoms with Crippen molar-refractivity contribution < 1.29 is 14.3 Å². The minimum atomic E-state index is -0.530. The number of nitrogens with zero attached hydrogens (tertiary/aromatic N) is 2. The van der Waals surface area contributed by atoms with Gasteiger partial charge in [0.2, 0.25) is 12.7 Å². The van der Waals surface area contributed by atoms with Crippen LogP contribution in [0.5, 0.6) is 11.5 Å². The van der Waals surface area contributed by atoms with Gasteiger partial charge in [-0.25, -0.2) is 4.98 Å². The van der Waals surface area contributed by atoms with Gasteiger partial charge in [-0.15, -0.1) is 0 Å². The van der Waals surface area contributed by atoms with Crippen LogP contribution in [0.25, 0.3) is 0 Å². The van der Waals surface area contributed by atoms with Crippen molar-refractivity contribution in [3.05, 3.63) is 77.7 Å². The van der Waals surface area contributed by atoms with Gasteiger partial charge >= 0.3 is 0 Å². The molecule has 140 valence electrons. The third-order valence-electron chi connectivity index (χ3n) is 5.26. The highest BCUT2D eigenvalue weighted by molar-refractivity contribution is 6.00. The molecular formula is C22H19N3O3. The molecule has 6 heteroatoms. The van der Waals surface area contributed by atoms with Crippen LogP contribution in [-0.2, 0) is 16.6 Å².